The Morgan fingerprint density at radius 2 is 1.56 bits per heavy atom. The molecule has 4 saturated heterocycles. The lowest BCUT2D eigenvalue weighted by atomic mass is 9.83. The first-order valence-electron chi connectivity index (χ1n) is 19.2. The monoisotopic (exact) mass is 711 g/mol. The highest BCUT2D eigenvalue weighted by Gasteiger charge is 2.50. The lowest BCUT2D eigenvalue weighted by Crippen LogP contribution is -2.62. The van der Waals surface area contributed by atoms with Crippen molar-refractivity contribution in [1.29, 1.82) is 0 Å². The van der Waals surface area contributed by atoms with Crippen molar-refractivity contribution in [2.45, 2.75) is 204 Å². The molecule has 0 aromatic rings. The molecule has 0 aromatic carbocycles. The Balaban J connectivity index is 1.36. The van der Waals surface area contributed by atoms with Gasteiger partial charge in [-0.25, -0.2) is 0 Å². The predicted octanol–water partition coefficient (Wildman–Crippen LogP) is 8.49. The Morgan fingerprint density at radius 1 is 0.854 bits per heavy atom. The van der Waals surface area contributed by atoms with Crippen LogP contribution in [0.15, 0.2) is 12.2 Å². The van der Waals surface area contributed by atoms with Crippen LogP contribution in [0.3, 0.4) is 0 Å². The third kappa shape index (κ3) is 10.7. The quantitative estimate of drug-likeness (QED) is 0.116. The second-order valence-corrected chi connectivity index (χ2v) is 28.0. The van der Waals surface area contributed by atoms with Crippen LogP contribution in [-0.4, -0.2) is 91.5 Å². The Labute approximate surface area is 296 Å². The highest BCUT2D eigenvalue weighted by atomic mass is 28.4. The molecule has 0 radical (unpaired) electrons. The van der Waals surface area contributed by atoms with Crippen LogP contribution in [0.4, 0.5) is 0 Å². The molecule has 0 amide bonds. The van der Waals surface area contributed by atoms with Gasteiger partial charge in [-0.2, -0.15) is 0 Å². The van der Waals surface area contributed by atoms with Gasteiger partial charge in [-0.1, -0.05) is 55.0 Å². The minimum Gasteiger partial charge on any atom is -0.417 e. The smallest absolute Gasteiger partial charge is 0.192 e. The van der Waals surface area contributed by atoms with E-state index in [9.17, 15) is 0 Å². The molecule has 2 N–H and O–H groups in total. The maximum atomic E-state index is 7.10. The van der Waals surface area contributed by atoms with Crippen LogP contribution in [0, 0.1) is 5.92 Å². The minimum atomic E-state index is -2.06. The van der Waals surface area contributed by atoms with E-state index in [-0.39, 0.29) is 65.1 Å². The van der Waals surface area contributed by atoms with Crippen molar-refractivity contribution in [3.05, 3.63) is 12.2 Å². The number of nitrogens with two attached hydrogens (primary N) is 1. The second-order valence-electron chi connectivity index (χ2n) is 18.4. The summed E-state index contributed by atoms with van der Waals surface area (Å²) in [5.74, 6) is 0.413. The fourth-order valence-corrected chi connectivity index (χ4v) is 9.53. The number of hydrogen-bond acceptors (Lipinski definition) is 8. The highest BCUT2D eigenvalue weighted by molar-refractivity contribution is 6.74. The van der Waals surface area contributed by atoms with Crippen LogP contribution >= 0.6 is 0 Å². The summed E-state index contributed by atoms with van der Waals surface area (Å²) in [6.45, 7) is 32.0. The predicted molar refractivity (Wildman–Crippen MR) is 199 cm³/mol. The second kappa shape index (κ2) is 16.7. The summed E-state index contributed by atoms with van der Waals surface area (Å²) >= 11 is 0. The van der Waals surface area contributed by atoms with Crippen LogP contribution in [0.2, 0.25) is 36.3 Å². The molecule has 0 saturated carbocycles. The lowest BCUT2D eigenvalue weighted by Gasteiger charge is -2.51. The van der Waals surface area contributed by atoms with Gasteiger partial charge in [0.1, 0.15) is 0 Å². The average molecular weight is 712 g/mol. The Kier molecular flexibility index (Phi) is 14.1. The van der Waals surface area contributed by atoms with Gasteiger partial charge >= 0.3 is 0 Å². The highest BCUT2D eigenvalue weighted by Crippen LogP contribution is 2.43. The van der Waals surface area contributed by atoms with Crippen molar-refractivity contribution in [2.75, 3.05) is 19.8 Å². The molecule has 4 aliphatic heterocycles. The molecular weight excluding hydrogens is 639 g/mol. The van der Waals surface area contributed by atoms with Gasteiger partial charge in [-0.15, -0.1) is 0 Å². The normalized spacial score (nSPS) is 35.8. The van der Waals surface area contributed by atoms with Crippen molar-refractivity contribution >= 4 is 16.6 Å². The number of ether oxygens (including phenoxy) is 5. The lowest BCUT2D eigenvalue weighted by molar-refractivity contribution is -0.228. The van der Waals surface area contributed by atoms with Gasteiger partial charge in [0.25, 0.3) is 0 Å². The molecule has 4 fully saturated rings. The first kappa shape index (κ1) is 40.6. The van der Waals surface area contributed by atoms with Gasteiger partial charge in [-0.05, 0) is 99.1 Å². The fraction of sp³-hybridized carbons (Fsp3) is 0.947. The van der Waals surface area contributed by atoms with Crippen LogP contribution < -0.4 is 5.73 Å². The molecule has 0 aliphatic carbocycles. The molecule has 10 heteroatoms. The Hall–Kier alpha value is -0.146. The summed E-state index contributed by atoms with van der Waals surface area (Å²) in [4.78, 5) is 0. The summed E-state index contributed by atoms with van der Waals surface area (Å²) in [6, 6.07) is -0.101. The molecule has 4 rings (SSSR count). The Morgan fingerprint density at radius 3 is 2.21 bits per heavy atom. The van der Waals surface area contributed by atoms with E-state index in [0.717, 1.165) is 71.0 Å². The van der Waals surface area contributed by atoms with Crippen LogP contribution in [-0.2, 0) is 32.5 Å². The molecule has 0 bridgehead atoms. The van der Waals surface area contributed by atoms with E-state index in [4.69, 9.17) is 38.3 Å². The van der Waals surface area contributed by atoms with Crippen molar-refractivity contribution < 1.29 is 32.5 Å². The van der Waals surface area contributed by atoms with Gasteiger partial charge < -0.3 is 38.3 Å². The molecule has 4 unspecified atom stereocenters. The van der Waals surface area contributed by atoms with Crippen LogP contribution in [0.5, 0.6) is 0 Å². The molecule has 4 heterocycles. The van der Waals surface area contributed by atoms with Crippen molar-refractivity contribution in [2.24, 2.45) is 11.7 Å². The number of hydrogen-bond donors (Lipinski definition) is 1. The van der Waals surface area contributed by atoms with E-state index in [0.29, 0.717) is 12.5 Å². The van der Waals surface area contributed by atoms with Crippen LogP contribution in [0.1, 0.15) is 113 Å². The third-order valence-corrected chi connectivity index (χ3v) is 21.5. The fourth-order valence-electron chi connectivity index (χ4n) is 7.11. The molecule has 0 aromatic heterocycles. The largest absolute Gasteiger partial charge is 0.417 e. The zero-order valence-electron chi connectivity index (χ0n) is 32.6. The zero-order chi connectivity index (χ0) is 35.5. The van der Waals surface area contributed by atoms with E-state index in [1.54, 1.807) is 0 Å². The summed E-state index contributed by atoms with van der Waals surface area (Å²) in [5.41, 5.74) is 8.11. The summed E-state index contributed by atoms with van der Waals surface area (Å²) in [7, 11) is -3.93. The first-order valence-corrected chi connectivity index (χ1v) is 25.0. The molecule has 48 heavy (non-hydrogen) atoms. The average Bonchev–Trinajstić information content (AvgIpc) is 2.97. The first-order chi connectivity index (χ1) is 22.3. The van der Waals surface area contributed by atoms with Gasteiger partial charge in [-0.3, -0.25) is 0 Å². The molecule has 280 valence electrons. The maximum Gasteiger partial charge on any atom is 0.192 e. The molecule has 0 spiro atoms. The van der Waals surface area contributed by atoms with Crippen molar-refractivity contribution in [3.8, 4) is 0 Å². The van der Waals surface area contributed by atoms with Gasteiger partial charge in [0.2, 0.25) is 0 Å². The molecule has 10 atom stereocenters. The summed E-state index contributed by atoms with van der Waals surface area (Å²) in [6.07, 6.45) is 9.21. The third-order valence-electron chi connectivity index (χ3n) is 12.4. The standard InChI is InChI=1S/C38H73NO7Si2/c1-26-22-28(16-15-20-41-35-17-13-14-19-40-35)43-32(27(26)2)24-29-23-30(39)36-34(44-29)25-33(46-48(11,12)38(6,7)8)31(45-36)18-21-42-47(9,10)37(3,4)5/h26,28-36H,2,13-25,39H2,1,3-12H3/t26-,28?,29-,30-,31-,32?,33?,34+,35?,36+/m1/s1. The SMILES string of the molecule is C=C1C(C[C@H]2C[C@@H](N)[C@@H]3O[C@H](CCO[Si](C)(C)C(C)(C)C)C(O[Si](C)(C)C(C)(C)C)C[C@@H]3O2)OC(CCCOC2CCCCO2)C[C@H]1C. The van der Waals surface area contributed by atoms with Gasteiger partial charge in [0, 0.05) is 38.7 Å². The van der Waals surface area contributed by atoms with E-state index in [1.165, 1.54) is 12.0 Å². The molecular formula is C38H73NO7Si2. The van der Waals surface area contributed by atoms with E-state index in [2.05, 4.69) is 81.2 Å². The number of rotatable bonds is 13. The van der Waals surface area contributed by atoms with Gasteiger partial charge in [0.15, 0.2) is 22.9 Å². The van der Waals surface area contributed by atoms with Crippen molar-refractivity contribution in [1.82, 2.24) is 0 Å². The Bertz CT molecular complexity index is 1020. The number of fused-ring (bicyclic) bond motifs is 1. The van der Waals surface area contributed by atoms with E-state index >= 15 is 0 Å². The van der Waals surface area contributed by atoms with Crippen molar-refractivity contribution in [3.63, 3.8) is 0 Å². The minimum absolute atomic E-state index is 0.00340. The van der Waals surface area contributed by atoms with E-state index < -0.39 is 16.6 Å². The van der Waals surface area contributed by atoms with Crippen LogP contribution in [0.25, 0.3) is 0 Å². The van der Waals surface area contributed by atoms with Gasteiger partial charge in [0.05, 0.1) is 42.7 Å². The topological polar surface area (TPSA) is 90.6 Å². The zero-order valence-corrected chi connectivity index (χ0v) is 34.6. The maximum absolute atomic E-state index is 7.10. The molecule has 8 nitrogen and oxygen atoms in total. The summed E-state index contributed by atoms with van der Waals surface area (Å²) < 4.78 is 45.9. The summed E-state index contributed by atoms with van der Waals surface area (Å²) in [5, 5.41) is 0.265. The molecule has 4 aliphatic rings. The van der Waals surface area contributed by atoms with E-state index in [1.807, 2.05) is 0 Å².